The highest BCUT2D eigenvalue weighted by molar-refractivity contribution is 8.00. The van der Waals surface area contributed by atoms with Crippen molar-refractivity contribution in [3.05, 3.63) is 41.5 Å². The fourth-order valence-electron chi connectivity index (χ4n) is 2.97. The van der Waals surface area contributed by atoms with Crippen molar-refractivity contribution in [2.24, 2.45) is 0 Å². The summed E-state index contributed by atoms with van der Waals surface area (Å²) in [6, 6.07) is 9.50. The van der Waals surface area contributed by atoms with Crippen molar-refractivity contribution in [2.75, 3.05) is 36.7 Å². The molecule has 2 aromatic rings. The number of amides is 2. The lowest BCUT2D eigenvalue weighted by atomic mass is 10.1. The normalized spacial score (nSPS) is 13.2. The Hall–Kier alpha value is -2.85. The second-order valence-corrected chi connectivity index (χ2v) is 8.60. The second-order valence-electron chi connectivity index (χ2n) is 6.62. The minimum atomic E-state index is -0.663. The van der Waals surface area contributed by atoms with E-state index in [-0.39, 0.29) is 24.6 Å². The summed E-state index contributed by atoms with van der Waals surface area (Å²) < 4.78 is 10.1. The van der Waals surface area contributed by atoms with Crippen molar-refractivity contribution in [1.82, 2.24) is 4.90 Å². The Labute approximate surface area is 187 Å². The zero-order valence-corrected chi connectivity index (χ0v) is 18.8. The van der Waals surface area contributed by atoms with Crippen molar-refractivity contribution in [3.8, 4) is 10.4 Å². The molecule has 1 fully saturated rings. The first kappa shape index (κ1) is 22.8. The highest BCUT2D eigenvalue weighted by Gasteiger charge is 2.26. The van der Waals surface area contributed by atoms with Crippen LogP contribution in [-0.2, 0) is 23.9 Å². The number of esters is 2. The Morgan fingerprint density at radius 3 is 2.55 bits per heavy atom. The van der Waals surface area contributed by atoms with Crippen LogP contribution in [0.15, 0.2) is 30.3 Å². The third-order valence-corrected chi connectivity index (χ3v) is 6.63. The molecule has 0 bridgehead atoms. The van der Waals surface area contributed by atoms with Gasteiger partial charge >= 0.3 is 11.9 Å². The van der Waals surface area contributed by atoms with Gasteiger partial charge in [0.2, 0.25) is 5.91 Å². The quantitative estimate of drug-likeness (QED) is 0.602. The molecule has 1 aromatic heterocycles. The molecule has 0 aliphatic carbocycles. The highest BCUT2D eigenvalue weighted by atomic mass is 32.2. The molecule has 3 rings (SSSR count). The van der Waals surface area contributed by atoms with Crippen molar-refractivity contribution < 1.29 is 28.7 Å². The maximum absolute atomic E-state index is 12.5. The van der Waals surface area contributed by atoms with E-state index in [0.29, 0.717) is 22.2 Å². The van der Waals surface area contributed by atoms with E-state index in [0.717, 1.165) is 10.4 Å². The maximum atomic E-state index is 12.5. The first-order valence-electron chi connectivity index (χ1n) is 9.57. The van der Waals surface area contributed by atoms with Gasteiger partial charge in [-0.1, -0.05) is 30.3 Å². The van der Waals surface area contributed by atoms with Gasteiger partial charge in [0.05, 0.1) is 23.8 Å². The number of nitrogens with one attached hydrogen (secondary N) is 1. The summed E-state index contributed by atoms with van der Waals surface area (Å²) in [7, 11) is 0. The highest BCUT2D eigenvalue weighted by Crippen LogP contribution is 2.40. The molecule has 2 amide bonds. The molecular weight excluding hydrogens is 440 g/mol. The molecule has 1 saturated heterocycles. The summed E-state index contributed by atoms with van der Waals surface area (Å²) in [5, 5.41) is 2.99. The van der Waals surface area contributed by atoms with Gasteiger partial charge in [0.15, 0.2) is 6.61 Å². The van der Waals surface area contributed by atoms with Crippen LogP contribution < -0.4 is 5.32 Å². The zero-order valence-electron chi connectivity index (χ0n) is 17.1. The average molecular weight is 463 g/mol. The molecule has 1 N–H and O–H groups in total. The molecule has 1 aromatic carbocycles. The number of carbonyl (C=O) groups excluding carboxylic acids is 4. The summed E-state index contributed by atoms with van der Waals surface area (Å²) in [5.41, 5.74) is 1.90. The Balaban J connectivity index is 1.70. The van der Waals surface area contributed by atoms with Crippen LogP contribution >= 0.6 is 23.1 Å². The third kappa shape index (κ3) is 5.65. The van der Waals surface area contributed by atoms with E-state index in [1.807, 2.05) is 30.3 Å². The van der Waals surface area contributed by atoms with Gasteiger partial charge in [0, 0.05) is 4.88 Å². The summed E-state index contributed by atoms with van der Waals surface area (Å²) in [4.78, 5) is 50.6. The van der Waals surface area contributed by atoms with Crippen LogP contribution in [0.4, 0.5) is 5.00 Å². The number of thiophene rings is 1. The van der Waals surface area contributed by atoms with E-state index in [2.05, 4.69) is 5.32 Å². The summed E-state index contributed by atoms with van der Waals surface area (Å²) in [6.07, 6.45) is 0. The van der Waals surface area contributed by atoms with Crippen molar-refractivity contribution in [1.29, 1.82) is 0 Å². The van der Waals surface area contributed by atoms with Gasteiger partial charge in [-0.25, -0.2) is 4.79 Å². The number of nitrogens with zero attached hydrogens (tertiary/aromatic N) is 1. The predicted molar refractivity (Wildman–Crippen MR) is 119 cm³/mol. The van der Waals surface area contributed by atoms with E-state index in [4.69, 9.17) is 9.47 Å². The Kier molecular flexibility index (Phi) is 7.69. The topological polar surface area (TPSA) is 102 Å². The van der Waals surface area contributed by atoms with E-state index >= 15 is 0 Å². The monoisotopic (exact) mass is 462 g/mol. The lowest BCUT2D eigenvalue weighted by Gasteiger charge is -2.13. The number of carbonyl (C=O) groups is 4. The van der Waals surface area contributed by atoms with Gasteiger partial charge in [-0.3, -0.25) is 14.4 Å². The van der Waals surface area contributed by atoms with Crippen molar-refractivity contribution in [2.45, 2.75) is 13.8 Å². The minimum absolute atomic E-state index is 0.131. The lowest BCUT2D eigenvalue weighted by molar-refractivity contribution is -0.150. The molecule has 1 aliphatic rings. The molecule has 8 nitrogen and oxygen atoms in total. The van der Waals surface area contributed by atoms with E-state index in [1.54, 1.807) is 13.8 Å². The molecule has 0 saturated carbocycles. The van der Waals surface area contributed by atoms with Crippen LogP contribution in [0.3, 0.4) is 0 Å². The van der Waals surface area contributed by atoms with E-state index in [1.165, 1.54) is 28.0 Å². The molecule has 2 heterocycles. The molecule has 31 heavy (non-hydrogen) atoms. The fourth-order valence-corrected chi connectivity index (χ4v) is 5.09. The van der Waals surface area contributed by atoms with Gasteiger partial charge in [-0.05, 0) is 25.0 Å². The third-order valence-electron chi connectivity index (χ3n) is 4.42. The average Bonchev–Trinajstić information content (AvgIpc) is 3.30. The smallest absolute Gasteiger partial charge is 0.341 e. The molecule has 0 unspecified atom stereocenters. The molecule has 1 aliphatic heterocycles. The molecule has 0 radical (unpaired) electrons. The molecule has 0 spiro atoms. The maximum Gasteiger partial charge on any atom is 0.341 e. The van der Waals surface area contributed by atoms with Crippen LogP contribution in [0.2, 0.25) is 0 Å². The van der Waals surface area contributed by atoms with Gasteiger partial charge in [-0.2, -0.15) is 0 Å². The van der Waals surface area contributed by atoms with Crippen molar-refractivity contribution >= 4 is 51.9 Å². The van der Waals surface area contributed by atoms with Crippen LogP contribution in [-0.4, -0.2) is 60.0 Å². The molecular formula is C21H22N2O6S2. The Morgan fingerprint density at radius 2 is 1.90 bits per heavy atom. The zero-order chi connectivity index (χ0) is 22.4. The SMILES string of the molecule is CCOC(=O)c1c(NC(=O)COC(=O)CN2CSCC2=O)sc(-c2ccccc2)c1C. The molecule has 10 heteroatoms. The summed E-state index contributed by atoms with van der Waals surface area (Å²) >= 11 is 2.67. The van der Waals surface area contributed by atoms with E-state index in [9.17, 15) is 19.2 Å². The minimum Gasteiger partial charge on any atom is -0.462 e. The van der Waals surface area contributed by atoms with Gasteiger partial charge < -0.3 is 19.7 Å². The van der Waals surface area contributed by atoms with Crippen molar-refractivity contribution in [3.63, 3.8) is 0 Å². The Morgan fingerprint density at radius 1 is 1.16 bits per heavy atom. The van der Waals surface area contributed by atoms with Crippen LogP contribution in [0.5, 0.6) is 0 Å². The first-order chi connectivity index (χ1) is 14.9. The second kappa shape index (κ2) is 10.5. The number of thioether (sulfide) groups is 1. The van der Waals surface area contributed by atoms with Gasteiger partial charge in [-0.15, -0.1) is 23.1 Å². The number of hydrogen-bond donors (Lipinski definition) is 1. The summed E-state index contributed by atoms with van der Waals surface area (Å²) in [6.45, 7) is 3.00. The number of rotatable bonds is 8. The van der Waals surface area contributed by atoms with E-state index < -0.39 is 24.5 Å². The largest absolute Gasteiger partial charge is 0.462 e. The predicted octanol–water partition coefficient (Wildman–Crippen LogP) is 2.91. The summed E-state index contributed by atoms with van der Waals surface area (Å²) in [5.74, 6) is -1.14. The molecule has 164 valence electrons. The molecule has 0 atom stereocenters. The van der Waals surface area contributed by atoms with Gasteiger partial charge in [0.1, 0.15) is 11.5 Å². The van der Waals surface area contributed by atoms with Crippen LogP contribution in [0.1, 0.15) is 22.8 Å². The standard InChI is InChI=1S/C21H22N2O6S2/c1-3-28-21(27)18-13(2)19(14-7-5-4-6-8-14)31-20(18)22-15(24)10-29-17(26)9-23-12-30-11-16(23)25/h4-8H,3,9-12H2,1-2H3,(H,22,24). The number of ether oxygens (including phenoxy) is 2. The number of benzene rings is 1. The number of anilines is 1. The van der Waals surface area contributed by atoms with Crippen LogP contribution in [0, 0.1) is 6.92 Å². The lowest BCUT2D eigenvalue weighted by Crippen LogP contribution is -2.33. The van der Waals surface area contributed by atoms with Crippen LogP contribution in [0.25, 0.3) is 10.4 Å². The Bertz CT molecular complexity index is 989. The number of hydrogen-bond acceptors (Lipinski definition) is 8. The van der Waals surface area contributed by atoms with Gasteiger partial charge in [0.25, 0.3) is 5.91 Å². The first-order valence-corrected chi connectivity index (χ1v) is 11.5. The fraction of sp³-hybridized carbons (Fsp3) is 0.333.